The number of nitrogens with one attached hydrogen (secondary N) is 1. The van der Waals surface area contributed by atoms with E-state index in [9.17, 15) is 4.79 Å². The maximum atomic E-state index is 12.0. The Hall–Kier alpha value is -1.39. The first-order chi connectivity index (χ1) is 9.13. The van der Waals surface area contributed by atoms with Gasteiger partial charge in [0.25, 0.3) is 0 Å². The first-order valence-electron chi connectivity index (χ1n) is 6.76. The molecular formula is C15H24N2O2. The van der Waals surface area contributed by atoms with Crippen molar-refractivity contribution in [3.8, 4) is 0 Å². The average Bonchev–Trinajstić information content (AvgIpc) is 2.41. The van der Waals surface area contributed by atoms with Gasteiger partial charge in [0, 0.05) is 13.1 Å². The van der Waals surface area contributed by atoms with Crippen LogP contribution in [0, 0.1) is 5.92 Å². The monoisotopic (exact) mass is 264 g/mol. The van der Waals surface area contributed by atoms with Crippen LogP contribution < -0.4 is 11.1 Å². The number of nitrogens with two attached hydrogens (primary N) is 1. The molecule has 0 aliphatic carbocycles. The summed E-state index contributed by atoms with van der Waals surface area (Å²) in [6.45, 7) is 5.36. The van der Waals surface area contributed by atoms with Crippen molar-refractivity contribution >= 4 is 5.91 Å². The predicted molar refractivity (Wildman–Crippen MR) is 76.8 cm³/mol. The maximum Gasteiger partial charge on any atom is 0.224 e. The van der Waals surface area contributed by atoms with Crippen molar-refractivity contribution in [1.29, 1.82) is 0 Å². The smallest absolute Gasteiger partial charge is 0.224 e. The molecule has 106 valence electrons. The van der Waals surface area contributed by atoms with Crippen LogP contribution >= 0.6 is 0 Å². The van der Waals surface area contributed by atoms with Gasteiger partial charge in [-0.05, 0) is 25.8 Å². The van der Waals surface area contributed by atoms with E-state index in [-0.39, 0.29) is 17.9 Å². The van der Waals surface area contributed by atoms with E-state index in [1.165, 1.54) is 0 Å². The Bertz CT molecular complexity index is 366. The van der Waals surface area contributed by atoms with E-state index in [1.54, 1.807) is 0 Å². The van der Waals surface area contributed by atoms with Gasteiger partial charge in [0.2, 0.25) is 5.91 Å². The normalized spacial score (nSPS) is 12.4. The van der Waals surface area contributed by atoms with E-state index in [4.69, 9.17) is 10.5 Å². The Morgan fingerprint density at radius 2 is 2.00 bits per heavy atom. The van der Waals surface area contributed by atoms with Crippen molar-refractivity contribution in [2.75, 3.05) is 19.7 Å². The molecule has 0 aromatic heterocycles. The number of benzene rings is 1. The van der Waals surface area contributed by atoms with Crippen LogP contribution in [0.25, 0.3) is 0 Å². The highest BCUT2D eigenvalue weighted by Crippen LogP contribution is 2.07. The molecule has 0 fully saturated rings. The zero-order valence-electron chi connectivity index (χ0n) is 11.8. The van der Waals surface area contributed by atoms with Crippen molar-refractivity contribution in [3.63, 3.8) is 0 Å². The molecule has 4 heteroatoms. The fourth-order valence-electron chi connectivity index (χ4n) is 1.79. The second kappa shape index (κ2) is 8.67. The number of ether oxygens (including phenoxy) is 1. The van der Waals surface area contributed by atoms with Crippen LogP contribution in [0.5, 0.6) is 0 Å². The molecule has 0 bridgehead atoms. The molecule has 4 nitrogen and oxygen atoms in total. The second-order valence-electron chi connectivity index (χ2n) is 4.83. The van der Waals surface area contributed by atoms with Gasteiger partial charge in [0.1, 0.15) is 0 Å². The van der Waals surface area contributed by atoms with Crippen LogP contribution in [0.15, 0.2) is 30.3 Å². The van der Waals surface area contributed by atoms with E-state index in [0.29, 0.717) is 26.1 Å². The lowest BCUT2D eigenvalue weighted by Gasteiger charge is -2.15. The van der Waals surface area contributed by atoms with Crippen LogP contribution in [-0.4, -0.2) is 31.7 Å². The van der Waals surface area contributed by atoms with E-state index < -0.39 is 0 Å². The number of carbonyl (C=O) groups excluding carboxylic acids is 1. The summed E-state index contributed by atoms with van der Waals surface area (Å²) in [7, 11) is 0. The van der Waals surface area contributed by atoms with Gasteiger partial charge in [-0.2, -0.15) is 0 Å². The third-order valence-electron chi connectivity index (χ3n) is 2.83. The van der Waals surface area contributed by atoms with Crippen molar-refractivity contribution in [2.24, 2.45) is 11.7 Å². The Kier molecular flexibility index (Phi) is 7.15. The highest BCUT2D eigenvalue weighted by Gasteiger charge is 2.16. The molecule has 19 heavy (non-hydrogen) atoms. The lowest BCUT2D eigenvalue weighted by Crippen LogP contribution is -2.38. The minimum Gasteiger partial charge on any atom is -0.377 e. The molecule has 0 spiro atoms. The zero-order valence-corrected chi connectivity index (χ0v) is 11.8. The fourth-order valence-corrected chi connectivity index (χ4v) is 1.79. The van der Waals surface area contributed by atoms with Gasteiger partial charge in [-0.1, -0.05) is 30.3 Å². The molecular weight excluding hydrogens is 240 g/mol. The van der Waals surface area contributed by atoms with Crippen LogP contribution in [0.1, 0.15) is 19.4 Å². The number of hydrogen-bond acceptors (Lipinski definition) is 3. The zero-order chi connectivity index (χ0) is 14.1. The number of hydrogen-bond donors (Lipinski definition) is 2. The third-order valence-corrected chi connectivity index (χ3v) is 2.83. The summed E-state index contributed by atoms with van der Waals surface area (Å²) < 4.78 is 5.38. The van der Waals surface area contributed by atoms with Crippen LogP contribution in [0.3, 0.4) is 0 Å². The van der Waals surface area contributed by atoms with Gasteiger partial charge in [0.15, 0.2) is 0 Å². The molecule has 1 aromatic carbocycles. The lowest BCUT2D eigenvalue weighted by molar-refractivity contribution is -0.125. The summed E-state index contributed by atoms with van der Waals surface area (Å²) >= 11 is 0. The minimum absolute atomic E-state index is 0.00120. The van der Waals surface area contributed by atoms with Crippen molar-refractivity contribution in [2.45, 2.75) is 26.4 Å². The van der Waals surface area contributed by atoms with Gasteiger partial charge in [0.05, 0.1) is 18.6 Å². The SMILES string of the molecule is CC(C)OCCNC(=O)C(CN)Cc1ccccc1. The first-order valence-corrected chi connectivity index (χ1v) is 6.76. The molecule has 1 rings (SSSR count). The highest BCUT2D eigenvalue weighted by atomic mass is 16.5. The second-order valence-corrected chi connectivity index (χ2v) is 4.83. The van der Waals surface area contributed by atoms with Crippen LogP contribution in [0.4, 0.5) is 0 Å². The summed E-state index contributed by atoms with van der Waals surface area (Å²) in [5, 5.41) is 2.87. The van der Waals surface area contributed by atoms with Crippen LogP contribution in [0.2, 0.25) is 0 Å². The summed E-state index contributed by atoms with van der Waals surface area (Å²) in [4.78, 5) is 12.0. The minimum atomic E-state index is -0.179. The van der Waals surface area contributed by atoms with Gasteiger partial charge in [-0.3, -0.25) is 4.79 Å². The summed E-state index contributed by atoms with van der Waals surface area (Å²) in [5.74, 6) is -0.180. The molecule has 1 aromatic rings. The van der Waals surface area contributed by atoms with E-state index in [1.807, 2.05) is 44.2 Å². The van der Waals surface area contributed by atoms with Gasteiger partial charge in [-0.25, -0.2) is 0 Å². The number of amides is 1. The molecule has 0 heterocycles. The largest absolute Gasteiger partial charge is 0.377 e. The number of carbonyl (C=O) groups is 1. The Labute approximate surface area is 115 Å². The van der Waals surface area contributed by atoms with Crippen molar-refractivity contribution in [3.05, 3.63) is 35.9 Å². The summed E-state index contributed by atoms with van der Waals surface area (Å²) in [6.07, 6.45) is 0.861. The van der Waals surface area contributed by atoms with Crippen LogP contribution in [-0.2, 0) is 16.0 Å². The average molecular weight is 264 g/mol. The molecule has 0 aliphatic heterocycles. The molecule has 1 unspecified atom stereocenters. The van der Waals surface area contributed by atoms with Gasteiger partial charge < -0.3 is 15.8 Å². The van der Waals surface area contributed by atoms with E-state index in [0.717, 1.165) is 5.56 Å². The highest BCUT2D eigenvalue weighted by molar-refractivity contribution is 5.79. The molecule has 3 N–H and O–H groups in total. The fraction of sp³-hybridized carbons (Fsp3) is 0.533. The first kappa shape index (κ1) is 15.7. The van der Waals surface area contributed by atoms with E-state index in [2.05, 4.69) is 5.32 Å². The van der Waals surface area contributed by atoms with Crippen molar-refractivity contribution in [1.82, 2.24) is 5.32 Å². The summed E-state index contributed by atoms with van der Waals surface area (Å²) in [5.41, 5.74) is 6.81. The van der Waals surface area contributed by atoms with Gasteiger partial charge in [-0.15, -0.1) is 0 Å². The Morgan fingerprint density at radius 3 is 2.58 bits per heavy atom. The van der Waals surface area contributed by atoms with Gasteiger partial charge >= 0.3 is 0 Å². The predicted octanol–water partition coefficient (Wildman–Crippen LogP) is 1.35. The number of rotatable bonds is 8. The van der Waals surface area contributed by atoms with E-state index >= 15 is 0 Å². The third kappa shape index (κ3) is 6.36. The van der Waals surface area contributed by atoms with Crippen molar-refractivity contribution < 1.29 is 9.53 Å². The standard InChI is InChI=1S/C15H24N2O2/c1-12(2)19-9-8-17-15(18)14(11-16)10-13-6-4-3-5-7-13/h3-7,12,14H,8-11,16H2,1-2H3,(H,17,18). The molecule has 0 saturated carbocycles. The molecule has 1 atom stereocenters. The lowest BCUT2D eigenvalue weighted by atomic mass is 9.98. The quantitative estimate of drug-likeness (QED) is 0.697. The Morgan fingerprint density at radius 1 is 1.32 bits per heavy atom. The molecule has 0 radical (unpaired) electrons. The molecule has 0 aliphatic rings. The summed E-state index contributed by atoms with van der Waals surface area (Å²) in [6, 6.07) is 9.93. The maximum absolute atomic E-state index is 12.0. The molecule has 0 saturated heterocycles. The Balaban J connectivity index is 2.35. The topological polar surface area (TPSA) is 64.3 Å². The molecule has 1 amide bonds.